The lowest BCUT2D eigenvalue weighted by Crippen LogP contribution is -2.47. The minimum atomic E-state index is -4.85. The smallest absolute Gasteiger partial charge is 0.412 e. The number of nitrogens with zero attached hydrogens (tertiary/aromatic N) is 4. The number of para-hydroxylation sites is 1. The molecule has 12 heteroatoms. The Morgan fingerprint density at radius 3 is 2.43 bits per heavy atom. The van der Waals surface area contributed by atoms with Crippen molar-refractivity contribution >= 4 is 35.5 Å². The summed E-state index contributed by atoms with van der Waals surface area (Å²) in [5, 5.41) is 14.2. The fraction of sp³-hybridized carbons (Fsp3) is 0.375. The van der Waals surface area contributed by atoms with E-state index in [1.165, 1.54) is 12.1 Å². The molecule has 3 aromatic rings. The summed E-state index contributed by atoms with van der Waals surface area (Å²) in [6.45, 7) is 1.67. The Morgan fingerprint density at radius 1 is 1.00 bits per heavy atom. The van der Waals surface area contributed by atoms with Crippen LogP contribution in [0, 0.1) is 11.8 Å². The van der Waals surface area contributed by atoms with Gasteiger partial charge in [-0.1, -0.05) is 41.9 Å². The summed E-state index contributed by atoms with van der Waals surface area (Å²) in [7, 11) is 0. The van der Waals surface area contributed by atoms with Crippen LogP contribution < -0.4 is 9.75 Å². The summed E-state index contributed by atoms with van der Waals surface area (Å²) in [5.74, 6) is -2.31. The van der Waals surface area contributed by atoms with Gasteiger partial charge in [0.1, 0.15) is 24.1 Å². The Balaban J connectivity index is 1.15. The molecule has 2 aromatic carbocycles. The number of anilines is 1. The molecule has 0 radical (unpaired) electrons. The van der Waals surface area contributed by atoms with Crippen LogP contribution in [-0.4, -0.2) is 58.4 Å². The van der Waals surface area contributed by atoms with Crippen molar-refractivity contribution in [2.45, 2.75) is 50.4 Å². The molecule has 2 unspecified atom stereocenters. The third-order valence-corrected chi connectivity index (χ3v) is 8.72. The zero-order valence-electron chi connectivity index (χ0n) is 23.6. The SMILES string of the molecule is O=C(O)C1C=NN(c2cccc(-c3ccccc3OCc3ccc(C4CCN(C(=O)C5CC5)CC4)cc3Cl)n2)C1C(F)(F)F. The van der Waals surface area contributed by atoms with Crippen molar-refractivity contribution in [3.63, 3.8) is 0 Å². The van der Waals surface area contributed by atoms with E-state index in [0.29, 0.717) is 33.0 Å². The second-order valence-electron chi connectivity index (χ2n) is 11.4. The highest BCUT2D eigenvalue weighted by molar-refractivity contribution is 6.31. The number of hydrazone groups is 1. The van der Waals surface area contributed by atoms with Crippen molar-refractivity contribution in [2.75, 3.05) is 18.1 Å². The minimum Gasteiger partial charge on any atom is -0.488 e. The van der Waals surface area contributed by atoms with E-state index in [1.807, 2.05) is 23.1 Å². The fourth-order valence-electron chi connectivity index (χ4n) is 5.81. The first-order valence-electron chi connectivity index (χ1n) is 14.5. The van der Waals surface area contributed by atoms with Crippen LogP contribution in [0.1, 0.15) is 42.7 Å². The van der Waals surface area contributed by atoms with Crippen LogP contribution in [0.15, 0.2) is 65.8 Å². The number of amides is 1. The van der Waals surface area contributed by atoms with Crippen LogP contribution in [-0.2, 0) is 16.2 Å². The molecule has 3 heterocycles. The Hall–Kier alpha value is -4.12. The topological polar surface area (TPSA) is 95.3 Å². The van der Waals surface area contributed by atoms with Gasteiger partial charge in [0.15, 0.2) is 6.04 Å². The predicted octanol–water partition coefficient (Wildman–Crippen LogP) is 6.53. The van der Waals surface area contributed by atoms with E-state index in [-0.39, 0.29) is 24.2 Å². The summed E-state index contributed by atoms with van der Waals surface area (Å²) in [5.41, 5.74) is 2.77. The lowest BCUT2D eigenvalue weighted by molar-refractivity contribution is -0.166. The molecule has 44 heavy (non-hydrogen) atoms. The van der Waals surface area contributed by atoms with Gasteiger partial charge in [-0.3, -0.25) is 9.59 Å². The number of halogens is 4. The van der Waals surface area contributed by atoms with Crippen LogP contribution in [0.25, 0.3) is 11.3 Å². The zero-order chi connectivity index (χ0) is 31.0. The standard InChI is InChI=1S/C32H30ClF3N4O4/c33-25-16-21(19-12-14-39(15-13-19)30(41)20-8-9-20)10-11-22(25)18-44-27-6-2-1-4-23(27)26-5-3-7-28(38-26)40-29(32(34,35)36)24(17-37-40)31(42)43/h1-7,10-11,16-17,19-20,24,29H,8-9,12-15,18H2,(H,42,43). The number of likely N-dealkylation sites (tertiary alicyclic amines) is 1. The van der Waals surface area contributed by atoms with Crippen molar-refractivity contribution in [1.82, 2.24) is 9.88 Å². The fourth-order valence-corrected chi connectivity index (χ4v) is 6.05. The maximum atomic E-state index is 13.8. The van der Waals surface area contributed by atoms with Gasteiger partial charge in [0.05, 0.1) is 5.69 Å². The summed E-state index contributed by atoms with van der Waals surface area (Å²) in [6, 6.07) is 15.1. The second-order valence-corrected chi connectivity index (χ2v) is 11.8. The van der Waals surface area contributed by atoms with Crippen LogP contribution in [0.4, 0.5) is 19.0 Å². The number of ether oxygens (including phenoxy) is 1. The third kappa shape index (κ3) is 6.24. The largest absolute Gasteiger partial charge is 0.488 e. The van der Waals surface area contributed by atoms with Gasteiger partial charge in [-0.25, -0.2) is 9.99 Å². The van der Waals surface area contributed by atoms with Gasteiger partial charge in [-0.05, 0) is 67.5 Å². The maximum Gasteiger partial charge on any atom is 0.412 e. The number of rotatable bonds is 8. The number of hydrogen-bond donors (Lipinski definition) is 1. The third-order valence-electron chi connectivity index (χ3n) is 8.37. The summed E-state index contributed by atoms with van der Waals surface area (Å²) >= 11 is 6.67. The van der Waals surface area contributed by atoms with Gasteiger partial charge < -0.3 is 14.7 Å². The van der Waals surface area contributed by atoms with Gasteiger partial charge in [-0.2, -0.15) is 18.3 Å². The molecule has 0 bridgehead atoms. The molecule has 6 rings (SSSR count). The molecule has 2 fully saturated rings. The maximum absolute atomic E-state index is 13.8. The van der Waals surface area contributed by atoms with Crippen molar-refractivity contribution in [2.24, 2.45) is 16.9 Å². The first kappa shape index (κ1) is 29.9. The first-order valence-corrected chi connectivity index (χ1v) is 14.9. The first-order chi connectivity index (χ1) is 21.1. The number of aromatic nitrogens is 1. The molecule has 1 N–H and O–H groups in total. The normalized spacial score (nSPS) is 20.6. The van der Waals surface area contributed by atoms with Gasteiger partial charge in [0.2, 0.25) is 5.91 Å². The number of carboxylic acid groups (broad SMARTS) is 1. The Labute approximate surface area is 257 Å². The molecule has 0 spiro atoms. The minimum absolute atomic E-state index is 0.138. The number of carbonyl (C=O) groups excluding carboxylic acids is 1. The van der Waals surface area contributed by atoms with E-state index in [9.17, 15) is 27.9 Å². The highest BCUT2D eigenvalue weighted by Gasteiger charge is 2.54. The monoisotopic (exact) mass is 626 g/mol. The average molecular weight is 627 g/mol. The number of carboxylic acids is 1. The molecule has 230 valence electrons. The van der Waals surface area contributed by atoms with E-state index in [0.717, 1.165) is 56.1 Å². The quantitative estimate of drug-likeness (QED) is 0.305. The average Bonchev–Trinajstić information content (AvgIpc) is 3.76. The van der Waals surface area contributed by atoms with Crippen LogP contribution in [0.5, 0.6) is 5.75 Å². The Kier molecular flexibility index (Phi) is 8.24. The molecule has 8 nitrogen and oxygen atoms in total. The number of carbonyl (C=O) groups is 2. The zero-order valence-corrected chi connectivity index (χ0v) is 24.3. The van der Waals surface area contributed by atoms with E-state index >= 15 is 0 Å². The molecule has 1 amide bonds. The van der Waals surface area contributed by atoms with Crippen LogP contribution >= 0.6 is 11.6 Å². The van der Waals surface area contributed by atoms with E-state index in [2.05, 4.69) is 10.1 Å². The summed E-state index contributed by atoms with van der Waals surface area (Å²) < 4.78 is 47.6. The molecule has 1 saturated carbocycles. The van der Waals surface area contributed by atoms with Crippen LogP contribution in [0.3, 0.4) is 0 Å². The number of piperidine rings is 1. The number of aliphatic carboxylic acids is 1. The molecular formula is C32H30ClF3N4O4. The molecule has 1 saturated heterocycles. The van der Waals surface area contributed by atoms with Gasteiger partial charge in [0.25, 0.3) is 0 Å². The highest BCUT2D eigenvalue weighted by atomic mass is 35.5. The number of benzene rings is 2. The second kappa shape index (κ2) is 12.1. The highest BCUT2D eigenvalue weighted by Crippen LogP contribution is 2.38. The summed E-state index contributed by atoms with van der Waals surface area (Å²) in [6.07, 6.45) is -0.257. The Morgan fingerprint density at radius 2 is 1.75 bits per heavy atom. The van der Waals surface area contributed by atoms with Crippen molar-refractivity contribution in [3.8, 4) is 17.0 Å². The molecular weight excluding hydrogens is 597 g/mol. The molecule has 1 aromatic heterocycles. The van der Waals surface area contributed by atoms with Crippen LogP contribution in [0.2, 0.25) is 5.02 Å². The number of hydrogen-bond acceptors (Lipinski definition) is 6. The van der Waals surface area contributed by atoms with Gasteiger partial charge in [0, 0.05) is 41.4 Å². The number of pyridine rings is 1. The summed E-state index contributed by atoms with van der Waals surface area (Å²) in [4.78, 5) is 30.2. The van der Waals surface area contributed by atoms with Gasteiger partial charge >= 0.3 is 12.1 Å². The van der Waals surface area contributed by atoms with E-state index < -0.39 is 24.1 Å². The molecule has 2 aliphatic heterocycles. The lowest BCUT2D eigenvalue weighted by Gasteiger charge is -2.32. The molecule has 1 aliphatic carbocycles. The number of alkyl halides is 3. The van der Waals surface area contributed by atoms with Gasteiger partial charge in [-0.15, -0.1) is 0 Å². The lowest BCUT2D eigenvalue weighted by atomic mass is 9.89. The molecule has 2 atom stereocenters. The molecule has 3 aliphatic rings. The van der Waals surface area contributed by atoms with Crippen molar-refractivity contribution < 1.29 is 32.6 Å². The Bertz CT molecular complexity index is 1590. The van der Waals surface area contributed by atoms with E-state index in [4.69, 9.17) is 16.3 Å². The van der Waals surface area contributed by atoms with E-state index in [1.54, 1.807) is 30.3 Å². The van der Waals surface area contributed by atoms with Crippen molar-refractivity contribution in [3.05, 3.63) is 76.8 Å². The van der Waals surface area contributed by atoms with Crippen molar-refractivity contribution in [1.29, 1.82) is 0 Å². The predicted molar refractivity (Wildman–Crippen MR) is 159 cm³/mol.